The second-order valence-electron chi connectivity index (χ2n) is 5.54. The molecule has 1 aliphatic heterocycles. The van der Waals surface area contributed by atoms with Crippen LogP contribution in [-0.2, 0) is 16.0 Å². The molecule has 2 rings (SSSR count). The van der Waals surface area contributed by atoms with E-state index in [0.29, 0.717) is 25.8 Å². The quantitative estimate of drug-likeness (QED) is 0.878. The van der Waals surface area contributed by atoms with Gasteiger partial charge >= 0.3 is 0 Å². The van der Waals surface area contributed by atoms with E-state index in [1.165, 1.54) is 5.56 Å². The Hall–Kier alpha value is -1.36. The summed E-state index contributed by atoms with van der Waals surface area (Å²) in [5, 5.41) is 7.05. The van der Waals surface area contributed by atoms with Crippen LogP contribution in [0.3, 0.4) is 0 Å². The van der Waals surface area contributed by atoms with E-state index in [1.807, 2.05) is 31.1 Å². The molecule has 1 saturated heterocycles. The Labute approximate surface area is 130 Å². The summed E-state index contributed by atoms with van der Waals surface area (Å²) in [7, 11) is 0. The van der Waals surface area contributed by atoms with Gasteiger partial charge in [0.2, 0.25) is 11.8 Å². The van der Waals surface area contributed by atoms with Crippen LogP contribution in [0.15, 0.2) is 16.8 Å². The molecule has 4 nitrogen and oxygen atoms in total. The Morgan fingerprint density at radius 2 is 2.00 bits per heavy atom. The molecular formula is C16H24N2O2S. The highest BCUT2D eigenvalue weighted by atomic mass is 32.1. The molecule has 0 saturated carbocycles. The zero-order valence-corrected chi connectivity index (χ0v) is 13.8. The van der Waals surface area contributed by atoms with Crippen molar-refractivity contribution in [3.05, 3.63) is 22.4 Å². The predicted molar refractivity (Wildman–Crippen MR) is 85.3 cm³/mol. The van der Waals surface area contributed by atoms with E-state index in [2.05, 4.69) is 16.8 Å². The van der Waals surface area contributed by atoms with Crippen molar-refractivity contribution in [2.45, 2.75) is 58.0 Å². The van der Waals surface area contributed by atoms with Crippen molar-refractivity contribution in [3.8, 4) is 0 Å². The maximum atomic E-state index is 12.7. The first-order valence-corrected chi connectivity index (χ1v) is 8.66. The van der Waals surface area contributed by atoms with Gasteiger partial charge in [0.1, 0.15) is 11.6 Å². The first kappa shape index (κ1) is 16.0. The minimum Gasteiger partial charge on any atom is -0.342 e. The Morgan fingerprint density at radius 3 is 2.52 bits per heavy atom. The largest absolute Gasteiger partial charge is 0.342 e. The van der Waals surface area contributed by atoms with Gasteiger partial charge in [0.25, 0.3) is 0 Å². The lowest BCUT2D eigenvalue weighted by Crippen LogP contribution is -2.70. The van der Waals surface area contributed by atoms with Crippen LogP contribution in [0, 0.1) is 0 Å². The van der Waals surface area contributed by atoms with E-state index in [9.17, 15) is 9.59 Å². The van der Waals surface area contributed by atoms with Crippen LogP contribution >= 0.6 is 11.3 Å². The number of rotatable bonds is 6. The highest BCUT2D eigenvalue weighted by Crippen LogP contribution is 2.29. The van der Waals surface area contributed by atoms with Crippen LogP contribution in [-0.4, -0.2) is 34.8 Å². The number of carbonyl (C=O) groups excluding carboxylic acids is 2. The molecule has 1 aromatic rings. The van der Waals surface area contributed by atoms with Crippen LogP contribution < -0.4 is 5.32 Å². The number of hydrogen-bond donors (Lipinski definition) is 1. The molecule has 1 unspecified atom stereocenters. The van der Waals surface area contributed by atoms with E-state index in [0.717, 1.165) is 6.42 Å². The van der Waals surface area contributed by atoms with Crippen molar-refractivity contribution >= 4 is 23.2 Å². The van der Waals surface area contributed by atoms with Gasteiger partial charge in [-0.1, -0.05) is 20.8 Å². The fourth-order valence-corrected chi connectivity index (χ4v) is 3.81. The maximum Gasteiger partial charge on any atom is 0.246 e. The third kappa shape index (κ3) is 2.84. The summed E-state index contributed by atoms with van der Waals surface area (Å²) < 4.78 is 0. The zero-order valence-electron chi connectivity index (χ0n) is 13.0. The number of nitrogens with zero attached hydrogens (tertiary/aromatic N) is 1. The van der Waals surface area contributed by atoms with Crippen LogP contribution in [0.2, 0.25) is 0 Å². The van der Waals surface area contributed by atoms with Gasteiger partial charge in [0.05, 0.1) is 0 Å². The summed E-state index contributed by atoms with van der Waals surface area (Å²) in [6.45, 7) is 6.52. The topological polar surface area (TPSA) is 49.4 Å². The van der Waals surface area contributed by atoms with Gasteiger partial charge in [-0.05, 0) is 48.1 Å². The van der Waals surface area contributed by atoms with Crippen molar-refractivity contribution in [2.24, 2.45) is 0 Å². The molecule has 0 spiro atoms. The standard InChI is InChI=1S/C16H24N2O2S/c1-4-13-14(19)18(9-7-12-8-10-21-11-12)16(5-2,6-3)15(20)17-13/h8,10-11,13H,4-7,9H2,1-3H3,(H,17,20). The van der Waals surface area contributed by atoms with Crippen molar-refractivity contribution in [3.63, 3.8) is 0 Å². The molecule has 21 heavy (non-hydrogen) atoms. The van der Waals surface area contributed by atoms with Crippen molar-refractivity contribution in [1.82, 2.24) is 10.2 Å². The summed E-state index contributed by atoms with van der Waals surface area (Å²) in [6, 6.07) is 1.71. The van der Waals surface area contributed by atoms with Gasteiger partial charge in [0.15, 0.2) is 0 Å². The molecule has 0 bridgehead atoms. The van der Waals surface area contributed by atoms with Crippen LogP contribution in [0.25, 0.3) is 0 Å². The number of amides is 2. The van der Waals surface area contributed by atoms with E-state index in [1.54, 1.807) is 11.3 Å². The summed E-state index contributed by atoms with van der Waals surface area (Å²) in [5.74, 6) is 0.0697. The lowest BCUT2D eigenvalue weighted by atomic mass is 9.85. The number of piperazine rings is 1. The molecule has 0 radical (unpaired) electrons. The first-order chi connectivity index (χ1) is 10.1. The van der Waals surface area contributed by atoms with Gasteiger partial charge in [0, 0.05) is 6.54 Å². The number of carbonyl (C=O) groups is 2. The minimum atomic E-state index is -0.682. The molecule has 1 aromatic heterocycles. The number of thiophene rings is 1. The monoisotopic (exact) mass is 308 g/mol. The summed E-state index contributed by atoms with van der Waals surface area (Å²) in [5.41, 5.74) is 0.548. The first-order valence-electron chi connectivity index (χ1n) is 7.72. The molecule has 1 aliphatic rings. The molecule has 116 valence electrons. The number of hydrogen-bond acceptors (Lipinski definition) is 3. The van der Waals surface area contributed by atoms with Crippen LogP contribution in [0.4, 0.5) is 0 Å². The van der Waals surface area contributed by atoms with Gasteiger partial charge < -0.3 is 10.2 Å². The molecule has 5 heteroatoms. The van der Waals surface area contributed by atoms with Gasteiger partial charge in [-0.25, -0.2) is 0 Å². The lowest BCUT2D eigenvalue weighted by Gasteiger charge is -2.47. The van der Waals surface area contributed by atoms with E-state index < -0.39 is 5.54 Å². The van der Waals surface area contributed by atoms with Crippen LogP contribution in [0.1, 0.15) is 45.6 Å². The van der Waals surface area contributed by atoms with E-state index in [4.69, 9.17) is 0 Å². The molecule has 1 fully saturated rings. The Balaban J connectivity index is 2.24. The summed E-state index contributed by atoms with van der Waals surface area (Å²) in [4.78, 5) is 27.1. The van der Waals surface area contributed by atoms with E-state index in [-0.39, 0.29) is 17.9 Å². The van der Waals surface area contributed by atoms with Gasteiger partial charge in [-0.3, -0.25) is 9.59 Å². The van der Waals surface area contributed by atoms with Crippen molar-refractivity contribution < 1.29 is 9.59 Å². The average Bonchev–Trinajstić information content (AvgIpc) is 3.01. The summed E-state index contributed by atoms with van der Waals surface area (Å²) in [6.07, 6.45) is 2.76. The third-order valence-electron chi connectivity index (χ3n) is 4.59. The molecule has 0 aromatic carbocycles. The van der Waals surface area contributed by atoms with Gasteiger partial charge in [-0.15, -0.1) is 0 Å². The SMILES string of the molecule is CCC1NC(=O)C(CC)(CC)N(CCc2ccsc2)C1=O. The number of nitrogens with one attached hydrogen (secondary N) is 1. The molecule has 0 aliphatic carbocycles. The van der Waals surface area contributed by atoms with E-state index >= 15 is 0 Å². The molecule has 2 amide bonds. The molecule has 1 N–H and O–H groups in total. The highest BCUT2D eigenvalue weighted by molar-refractivity contribution is 7.07. The summed E-state index contributed by atoms with van der Waals surface area (Å²) >= 11 is 1.66. The molecule has 1 atom stereocenters. The second kappa shape index (κ2) is 6.60. The Kier molecular flexibility index (Phi) is 5.04. The van der Waals surface area contributed by atoms with Crippen LogP contribution in [0.5, 0.6) is 0 Å². The van der Waals surface area contributed by atoms with Gasteiger partial charge in [-0.2, -0.15) is 11.3 Å². The fourth-order valence-electron chi connectivity index (χ4n) is 3.11. The normalized spacial score (nSPS) is 21.5. The Morgan fingerprint density at radius 1 is 1.29 bits per heavy atom. The fraction of sp³-hybridized carbons (Fsp3) is 0.625. The maximum absolute atomic E-state index is 12.7. The zero-order chi connectivity index (χ0) is 15.5. The lowest BCUT2D eigenvalue weighted by molar-refractivity contribution is -0.158. The average molecular weight is 308 g/mol. The third-order valence-corrected chi connectivity index (χ3v) is 5.32. The molecular weight excluding hydrogens is 284 g/mol. The molecule has 2 heterocycles. The highest BCUT2D eigenvalue weighted by Gasteiger charge is 2.49. The van der Waals surface area contributed by atoms with Crippen molar-refractivity contribution in [1.29, 1.82) is 0 Å². The smallest absolute Gasteiger partial charge is 0.246 e. The Bertz CT molecular complexity index is 494. The van der Waals surface area contributed by atoms with Crippen molar-refractivity contribution in [2.75, 3.05) is 6.54 Å². The predicted octanol–water partition coefficient (Wildman–Crippen LogP) is 2.59. The minimum absolute atomic E-state index is 0.00395. The second-order valence-corrected chi connectivity index (χ2v) is 6.32.